The van der Waals surface area contributed by atoms with Gasteiger partial charge in [0.2, 0.25) is 5.75 Å². The summed E-state index contributed by atoms with van der Waals surface area (Å²) in [6, 6.07) is 9.76. The van der Waals surface area contributed by atoms with Crippen LogP contribution in [0.5, 0.6) is 23.0 Å². The molecule has 7 heteroatoms. The highest BCUT2D eigenvalue weighted by atomic mass is 16.5. The lowest BCUT2D eigenvalue weighted by molar-refractivity contribution is 0.327. The number of nitrogens with zero attached hydrogens (tertiary/aromatic N) is 2. The molecule has 0 aliphatic rings. The molecule has 1 heterocycles. The van der Waals surface area contributed by atoms with Gasteiger partial charge in [-0.25, -0.2) is 9.97 Å². The Morgan fingerprint density at radius 3 is 2.39 bits per heavy atom. The molecule has 28 heavy (non-hydrogen) atoms. The van der Waals surface area contributed by atoms with Gasteiger partial charge in [0.25, 0.3) is 0 Å². The van der Waals surface area contributed by atoms with E-state index < -0.39 is 0 Å². The number of ether oxygens (including phenoxy) is 4. The zero-order valence-electron chi connectivity index (χ0n) is 16.8. The number of para-hydroxylation sites is 1. The molecule has 7 nitrogen and oxygen atoms in total. The van der Waals surface area contributed by atoms with E-state index in [0.29, 0.717) is 35.2 Å². The van der Waals surface area contributed by atoms with E-state index in [4.69, 9.17) is 18.9 Å². The first kappa shape index (κ1) is 19.5. The quantitative estimate of drug-likeness (QED) is 0.624. The molecule has 148 valence electrons. The molecular formula is C21H25N3O4. The lowest BCUT2D eigenvalue weighted by atomic mass is 10.1. The van der Waals surface area contributed by atoms with E-state index in [1.807, 2.05) is 37.3 Å². The minimum Gasteiger partial charge on any atom is -0.494 e. The third kappa shape index (κ3) is 3.60. The summed E-state index contributed by atoms with van der Waals surface area (Å²) in [7, 11) is 4.73. The third-order valence-corrected chi connectivity index (χ3v) is 4.47. The molecule has 0 saturated carbocycles. The molecule has 0 aliphatic heterocycles. The van der Waals surface area contributed by atoms with Gasteiger partial charge in [-0.1, -0.05) is 18.2 Å². The Bertz CT molecular complexity index is 962. The van der Waals surface area contributed by atoms with Crippen molar-refractivity contribution in [2.24, 2.45) is 0 Å². The van der Waals surface area contributed by atoms with E-state index in [9.17, 15) is 0 Å². The standard InChI is InChI=1S/C21H25N3O4/c1-6-28-16-10-8-7-9-14(16)13(2)24-21-15-11-17(25-3)19(26-4)20(27-5)18(15)22-12-23-21/h7-13H,6H2,1-5H3,(H,22,23,24). The van der Waals surface area contributed by atoms with Crippen molar-refractivity contribution in [3.63, 3.8) is 0 Å². The lowest BCUT2D eigenvalue weighted by Gasteiger charge is -2.20. The van der Waals surface area contributed by atoms with Crippen LogP contribution >= 0.6 is 0 Å². The first-order valence-electron chi connectivity index (χ1n) is 9.06. The molecular weight excluding hydrogens is 358 g/mol. The molecule has 1 N–H and O–H groups in total. The van der Waals surface area contributed by atoms with Crippen molar-refractivity contribution in [1.82, 2.24) is 9.97 Å². The summed E-state index contributed by atoms with van der Waals surface area (Å²) in [5, 5.41) is 4.23. The molecule has 3 aromatic rings. The van der Waals surface area contributed by atoms with Gasteiger partial charge in [0.15, 0.2) is 11.5 Å². The maximum atomic E-state index is 5.76. The third-order valence-electron chi connectivity index (χ3n) is 4.47. The number of aromatic nitrogens is 2. The van der Waals surface area contributed by atoms with E-state index >= 15 is 0 Å². The van der Waals surface area contributed by atoms with Crippen LogP contribution in [0, 0.1) is 0 Å². The molecule has 1 aromatic heterocycles. The number of methoxy groups -OCH3 is 3. The molecule has 0 bridgehead atoms. The number of nitrogens with one attached hydrogen (secondary N) is 1. The fourth-order valence-corrected chi connectivity index (χ4v) is 3.19. The summed E-state index contributed by atoms with van der Waals surface area (Å²) in [5.41, 5.74) is 1.69. The fourth-order valence-electron chi connectivity index (χ4n) is 3.19. The predicted octanol–water partition coefficient (Wildman–Crippen LogP) is 4.23. The summed E-state index contributed by atoms with van der Waals surface area (Å²) in [5.74, 6) is 3.07. The van der Waals surface area contributed by atoms with E-state index in [1.165, 1.54) is 6.33 Å². The highest BCUT2D eigenvalue weighted by molar-refractivity contribution is 5.96. The minimum absolute atomic E-state index is 0.0417. The number of hydrogen-bond donors (Lipinski definition) is 1. The lowest BCUT2D eigenvalue weighted by Crippen LogP contribution is -2.11. The molecule has 1 unspecified atom stereocenters. The minimum atomic E-state index is -0.0417. The highest BCUT2D eigenvalue weighted by Gasteiger charge is 2.20. The van der Waals surface area contributed by atoms with Gasteiger partial charge < -0.3 is 24.3 Å². The van der Waals surface area contributed by atoms with Crippen LogP contribution in [0.3, 0.4) is 0 Å². The topological polar surface area (TPSA) is 74.7 Å². The van der Waals surface area contributed by atoms with Gasteiger partial charge in [-0.05, 0) is 26.0 Å². The second-order valence-corrected chi connectivity index (χ2v) is 6.10. The summed E-state index contributed by atoms with van der Waals surface area (Å²) in [4.78, 5) is 8.83. The maximum absolute atomic E-state index is 5.76. The van der Waals surface area contributed by atoms with Crippen molar-refractivity contribution in [2.45, 2.75) is 19.9 Å². The Morgan fingerprint density at radius 2 is 1.71 bits per heavy atom. The van der Waals surface area contributed by atoms with Crippen LogP contribution in [0.4, 0.5) is 5.82 Å². The first-order valence-corrected chi connectivity index (χ1v) is 9.06. The molecule has 0 radical (unpaired) electrons. The van der Waals surface area contributed by atoms with Gasteiger partial charge in [0, 0.05) is 5.56 Å². The monoisotopic (exact) mass is 383 g/mol. The molecule has 0 fully saturated rings. The zero-order valence-corrected chi connectivity index (χ0v) is 16.8. The molecule has 2 aromatic carbocycles. The molecule has 0 saturated heterocycles. The summed E-state index contributed by atoms with van der Waals surface area (Å²) < 4.78 is 22.2. The van der Waals surface area contributed by atoms with Crippen LogP contribution in [-0.4, -0.2) is 37.9 Å². The van der Waals surface area contributed by atoms with E-state index in [2.05, 4.69) is 22.2 Å². The van der Waals surface area contributed by atoms with Crippen molar-refractivity contribution < 1.29 is 18.9 Å². The van der Waals surface area contributed by atoms with Gasteiger partial charge in [-0.3, -0.25) is 0 Å². The summed E-state index contributed by atoms with van der Waals surface area (Å²) in [6.45, 7) is 4.64. The van der Waals surface area contributed by atoms with Crippen LogP contribution in [0.1, 0.15) is 25.5 Å². The molecule has 1 atom stereocenters. The largest absolute Gasteiger partial charge is 0.494 e. The van der Waals surface area contributed by atoms with Crippen LogP contribution in [0.25, 0.3) is 10.9 Å². The average Bonchev–Trinajstić information content (AvgIpc) is 2.73. The second-order valence-electron chi connectivity index (χ2n) is 6.10. The van der Waals surface area contributed by atoms with Crippen LogP contribution in [0.15, 0.2) is 36.7 Å². The molecule has 0 aliphatic carbocycles. The van der Waals surface area contributed by atoms with Crippen molar-refractivity contribution in [2.75, 3.05) is 33.3 Å². The Balaban J connectivity index is 2.07. The number of fused-ring (bicyclic) bond motifs is 1. The average molecular weight is 383 g/mol. The van der Waals surface area contributed by atoms with Crippen LogP contribution in [0.2, 0.25) is 0 Å². The SMILES string of the molecule is CCOc1ccccc1C(C)Nc1ncnc2c(OC)c(OC)c(OC)cc12. The van der Waals surface area contributed by atoms with Crippen LogP contribution in [-0.2, 0) is 0 Å². The Labute approximate surface area is 164 Å². The van der Waals surface area contributed by atoms with Gasteiger partial charge in [0.05, 0.1) is 39.4 Å². The Kier molecular flexibility index (Phi) is 6.03. The van der Waals surface area contributed by atoms with E-state index in [0.717, 1.165) is 16.7 Å². The normalized spacial score (nSPS) is 11.8. The van der Waals surface area contributed by atoms with Gasteiger partial charge in [0.1, 0.15) is 23.4 Å². The molecule has 3 rings (SSSR count). The molecule has 0 spiro atoms. The number of rotatable bonds is 8. The smallest absolute Gasteiger partial charge is 0.205 e. The van der Waals surface area contributed by atoms with E-state index in [-0.39, 0.29) is 6.04 Å². The maximum Gasteiger partial charge on any atom is 0.205 e. The van der Waals surface area contributed by atoms with Crippen molar-refractivity contribution in [3.05, 3.63) is 42.2 Å². The zero-order chi connectivity index (χ0) is 20.1. The Hall–Kier alpha value is -3.22. The fraction of sp³-hybridized carbons (Fsp3) is 0.333. The van der Waals surface area contributed by atoms with E-state index in [1.54, 1.807) is 21.3 Å². The Morgan fingerprint density at radius 1 is 0.964 bits per heavy atom. The predicted molar refractivity (Wildman–Crippen MR) is 109 cm³/mol. The highest BCUT2D eigenvalue weighted by Crippen LogP contribution is 2.44. The number of anilines is 1. The summed E-state index contributed by atoms with van der Waals surface area (Å²) >= 11 is 0. The van der Waals surface area contributed by atoms with Gasteiger partial charge in [-0.15, -0.1) is 0 Å². The number of hydrogen-bond acceptors (Lipinski definition) is 7. The van der Waals surface area contributed by atoms with Gasteiger partial charge >= 0.3 is 0 Å². The second kappa shape index (κ2) is 8.65. The first-order chi connectivity index (χ1) is 13.6. The van der Waals surface area contributed by atoms with Crippen molar-refractivity contribution in [3.8, 4) is 23.0 Å². The molecule has 0 amide bonds. The van der Waals surface area contributed by atoms with Crippen LogP contribution < -0.4 is 24.3 Å². The van der Waals surface area contributed by atoms with Gasteiger partial charge in [-0.2, -0.15) is 0 Å². The van der Waals surface area contributed by atoms with Crippen molar-refractivity contribution in [1.29, 1.82) is 0 Å². The number of benzene rings is 2. The summed E-state index contributed by atoms with van der Waals surface area (Å²) in [6.07, 6.45) is 1.50. The van der Waals surface area contributed by atoms with Crippen molar-refractivity contribution >= 4 is 16.7 Å².